The maximum atomic E-state index is 12.8. The molecule has 3 heterocycles. The van der Waals surface area contributed by atoms with Crippen LogP contribution in [-0.2, 0) is 14.6 Å². The number of hydrogen-bond donors (Lipinski definition) is 1. The molecule has 6 nitrogen and oxygen atoms in total. The van der Waals surface area contributed by atoms with E-state index in [1.54, 1.807) is 12.1 Å². The molecule has 4 atom stereocenters. The van der Waals surface area contributed by atoms with Gasteiger partial charge in [0.2, 0.25) is 12.6 Å². The summed E-state index contributed by atoms with van der Waals surface area (Å²) in [6.07, 6.45) is 2.60. The second-order valence-electron chi connectivity index (χ2n) is 6.31. The third-order valence-corrected chi connectivity index (χ3v) is 4.90. The van der Waals surface area contributed by atoms with Crippen molar-refractivity contribution >= 4 is 5.78 Å². The standard InChI is InChI=1S/C18H18O6/c1-3-4-12-8-18(20)10(2)15(17(16(12)19)23-24-18)11-5-6-13-14(7-11)22-9-21-13/h3,5-8,10,15,17,20H,1,4,9H2,2H3/t10-,15?,17+,18+/m1/s1. The zero-order chi connectivity index (χ0) is 16.9. The van der Waals surface area contributed by atoms with Crippen LogP contribution in [0.5, 0.6) is 11.5 Å². The molecule has 2 bridgehead atoms. The van der Waals surface area contributed by atoms with Crippen LogP contribution < -0.4 is 9.47 Å². The molecule has 24 heavy (non-hydrogen) atoms. The number of fused-ring (bicyclic) bond motifs is 4. The molecule has 0 amide bonds. The molecule has 5 rings (SSSR count). The van der Waals surface area contributed by atoms with Crippen molar-refractivity contribution in [3.63, 3.8) is 0 Å². The molecule has 6 heteroatoms. The number of ketones is 1. The lowest BCUT2D eigenvalue weighted by atomic mass is 9.78. The molecule has 1 aromatic rings. The summed E-state index contributed by atoms with van der Waals surface area (Å²) in [5, 5.41) is 10.8. The first-order valence-corrected chi connectivity index (χ1v) is 7.87. The van der Waals surface area contributed by atoms with Gasteiger partial charge >= 0.3 is 0 Å². The van der Waals surface area contributed by atoms with Crippen LogP contribution in [0.2, 0.25) is 0 Å². The van der Waals surface area contributed by atoms with Crippen molar-refractivity contribution in [1.29, 1.82) is 0 Å². The van der Waals surface area contributed by atoms with Crippen molar-refractivity contribution in [2.24, 2.45) is 5.92 Å². The van der Waals surface area contributed by atoms with Crippen LogP contribution in [0, 0.1) is 5.92 Å². The molecule has 1 aliphatic carbocycles. The highest BCUT2D eigenvalue weighted by Crippen LogP contribution is 2.48. The Morgan fingerprint density at radius 3 is 2.96 bits per heavy atom. The average molecular weight is 330 g/mol. The molecule has 0 radical (unpaired) electrons. The van der Waals surface area contributed by atoms with Gasteiger partial charge in [-0.05, 0) is 30.2 Å². The molecule has 1 saturated heterocycles. The molecule has 1 N–H and O–H groups in total. The van der Waals surface area contributed by atoms with E-state index in [0.717, 1.165) is 5.56 Å². The first-order valence-electron chi connectivity index (χ1n) is 7.87. The fourth-order valence-corrected chi connectivity index (χ4v) is 3.55. The van der Waals surface area contributed by atoms with Crippen LogP contribution in [0.4, 0.5) is 0 Å². The van der Waals surface area contributed by atoms with Crippen LogP contribution in [0.1, 0.15) is 24.8 Å². The Morgan fingerprint density at radius 2 is 2.17 bits per heavy atom. The molecule has 4 aliphatic rings. The molecule has 1 aromatic carbocycles. The molecule has 0 aromatic heterocycles. The summed E-state index contributed by atoms with van der Waals surface area (Å²) < 4.78 is 10.7. The molecule has 1 unspecified atom stereocenters. The van der Waals surface area contributed by atoms with Gasteiger partial charge in [0.15, 0.2) is 23.4 Å². The minimum absolute atomic E-state index is 0.177. The van der Waals surface area contributed by atoms with E-state index in [-0.39, 0.29) is 24.4 Å². The number of carbonyl (C=O) groups is 1. The van der Waals surface area contributed by atoms with E-state index in [4.69, 9.17) is 19.2 Å². The normalized spacial score (nSPS) is 34.0. The third-order valence-electron chi connectivity index (χ3n) is 4.90. The van der Waals surface area contributed by atoms with Crippen molar-refractivity contribution in [1.82, 2.24) is 0 Å². The summed E-state index contributed by atoms with van der Waals surface area (Å²) in [5.41, 5.74) is 1.28. The monoisotopic (exact) mass is 330 g/mol. The van der Waals surface area contributed by atoms with Gasteiger partial charge in [-0.15, -0.1) is 6.58 Å². The highest BCUT2D eigenvalue weighted by molar-refractivity contribution is 6.00. The highest BCUT2D eigenvalue weighted by atomic mass is 17.2. The summed E-state index contributed by atoms with van der Waals surface area (Å²) in [7, 11) is 0. The summed E-state index contributed by atoms with van der Waals surface area (Å²) in [6.45, 7) is 5.68. The van der Waals surface area contributed by atoms with Gasteiger partial charge in [0.25, 0.3) is 0 Å². The maximum Gasteiger partial charge on any atom is 0.231 e. The Morgan fingerprint density at radius 1 is 1.38 bits per heavy atom. The molecule has 126 valence electrons. The Bertz CT molecular complexity index is 739. The lowest BCUT2D eigenvalue weighted by Crippen LogP contribution is -2.49. The number of allylic oxidation sites excluding steroid dienone is 1. The van der Waals surface area contributed by atoms with E-state index < -0.39 is 11.9 Å². The predicted molar refractivity (Wildman–Crippen MR) is 83.3 cm³/mol. The number of Topliss-reactive ketones (excluding diaryl/α,β-unsaturated/α-hetero) is 1. The summed E-state index contributed by atoms with van der Waals surface area (Å²) >= 11 is 0. The molecular formula is C18H18O6. The lowest BCUT2D eigenvalue weighted by Gasteiger charge is -2.41. The van der Waals surface area contributed by atoms with Gasteiger partial charge in [0.1, 0.15) is 0 Å². The summed E-state index contributed by atoms with van der Waals surface area (Å²) in [6, 6.07) is 5.50. The Balaban J connectivity index is 1.77. The fraction of sp³-hybridized carbons (Fsp3) is 0.389. The largest absolute Gasteiger partial charge is 0.454 e. The zero-order valence-electron chi connectivity index (χ0n) is 13.2. The van der Waals surface area contributed by atoms with Crippen molar-refractivity contribution in [2.75, 3.05) is 6.79 Å². The van der Waals surface area contributed by atoms with Gasteiger partial charge in [-0.1, -0.05) is 19.1 Å². The summed E-state index contributed by atoms with van der Waals surface area (Å²) in [4.78, 5) is 23.3. The smallest absolute Gasteiger partial charge is 0.231 e. The van der Waals surface area contributed by atoms with E-state index in [9.17, 15) is 9.90 Å². The SMILES string of the molecule is C=CCC1=C[C@]2(O)OO[C@H](C1=O)C(c1ccc3c(c1)OCO3)[C@H]2C. The van der Waals surface area contributed by atoms with Crippen molar-refractivity contribution in [3.05, 3.63) is 48.1 Å². The predicted octanol–water partition coefficient (Wildman–Crippen LogP) is 2.24. The van der Waals surface area contributed by atoms with Gasteiger partial charge in [0, 0.05) is 17.4 Å². The first kappa shape index (κ1) is 15.4. The minimum atomic E-state index is -1.66. The van der Waals surface area contributed by atoms with Gasteiger partial charge in [-0.3, -0.25) is 4.79 Å². The second kappa shape index (κ2) is 5.44. The molecule has 0 saturated carbocycles. The number of hydrogen-bond acceptors (Lipinski definition) is 6. The molecule has 0 spiro atoms. The van der Waals surface area contributed by atoms with Gasteiger partial charge in [-0.25, -0.2) is 4.89 Å². The van der Waals surface area contributed by atoms with E-state index in [0.29, 0.717) is 23.5 Å². The number of ether oxygens (including phenoxy) is 2. The van der Waals surface area contributed by atoms with Crippen molar-refractivity contribution in [3.8, 4) is 11.5 Å². The maximum absolute atomic E-state index is 12.8. The Hall–Kier alpha value is -2.15. The van der Waals surface area contributed by atoms with Gasteiger partial charge in [-0.2, -0.15) is 4.89 Å². The van der Waals surface area contributed by atoms with Crippen molar-refractivity contribution < 1.29 is 29.1 Å². The van der Waals surface area contributed by atoms with E-state index in [1.807, 2.05) is 19.1 Å². The topological polar surface area (TPSA) is 74.2 Å². The second-order valence-corrected chi connectivity index (χ2v) is 6.31. The van der Waals surface area contributed by atoms with Crippen LogP contribution in [-0.4, -0.2) is 29.6 Å². The van der Waals surface area contributed by atoms with Crippen molar-refractivity contribution in [2.45, 2.75) is 31.2 Å². The fourth-order valence-electron chi connectivity index (χ4n) is 3.55. The Labute approximate surface area is 139 Å². The summed E-state index contributed by atoms with van der Waals surface area (Å²) in [5.74, 6) is -1.33. The highest BCUT2D eigenvalue weighted by Gasteiger charge is 2.54. The third kappa shape index (κ3) is 2.18. The van der Waals surface area contributed by atoms with E-state index in [1.165, 1.54) is 6.08 Å². The van der Waals surface area contributed by atoms with E-state index >= 15 is 0 Å². The first-order chi connectivity index (χ1) is 11.5. The van der Waals surface area contributed by atoms with Crippen LogP contribution in [0.15, 0.2) is 42.5 Å². The lowest BCUT2D eigenvalue weighted by molar-refractivity contribution is -0.453. The van der Waals surface area contributed by atoms with Crippen LogP contribution >= 0.6 is 0 Å². The number of benzene rings is 1. The quantitative estimate of drug-likeness (QED) is 0.677. The zero-order valence-corrected chi connectivity index (χ0v) is 13.2. The molecule has 3 aliphatic heterocycles. The number of carbonyl (C=O) groups excluding carboxylic acids is 1. The molecular weight excluding hydrogens is 312 g/mol. The van der Waals surface area contributed by atoms with Crippen LogP contribution in [0.3, 0.4) is 0 Å². The van der Waals surface area contributed by atoms with Crippen LogP contribution in [0.25, 0.3) is 0 Å². The van der Waals surface area contributed by atoms with Gasteiger partial charge in [0.05, 0.1) is 0 Å². The molecule has 1 fully saturated rings. The van der Waals surface area contributed by atoms with Gasteiger partial charge < -0.3 is 14.6 Å². The average Bonchev–Trinajstić information content (AvgIpc) is 2.97. The Kier molecular flexibility index (Phi) is 3.49. The van der Waals surface area contributed by atoms with E-state index in [2.05, 4.69) is 6.58 Å². The number of rotatable bonds is 3. The number of aliphatic hydroxyl groups is 1. The minimum Gasteiger partial charge on any atom is -0.454 e.